The minimum Gasteiger partial charge on any atom is -0.507 e. The number of aliphatic hydroxyl groups excluding tert-OH is 1. The Kier molecular flexibility index (Phi) is 6.84. The fourth-order valence-corrected chi connectivity index (χ4v) is 3.83. The number of hydrogen-bond acceptors (Lipinski definition) is 5. The number of pyridine rings is 1. The van der Waals surface area contributed by atoms with E-state index in [1.807, 2.05) is 39.0 Å². The van der Waals surface area contributed by atoms with Crippen LogP contribution in [0.2, 0.25) is 0 Å². The van der Waals surface area contributed by atoms with Gasteiger partial charge in [-0.3, -0.25) is 14.6 Å². The standard InChI is InChI=1S/C26H32N2O4/c1-16(2)32-14-13-28-22(20-9-7-8-12-27-20)21(24(30)25(28)31)23(29)19-15-18(26(4,5)6)11-10-17(19)3/h7-12,15-16,22,29H,13-14H2,1-6H3/b23-21+. The molecule has 1 N–H and O–H groups in total. The Balaban J connectivity index is 2.15. The molecule has 1 unspecified atom stereocenters. The third-order valence-corrected chi connectivity index (χ3v) is 5.65. The van der Waals surface area contributed by atoms with Crippen LogP contribution < -0.4 is 0 Å². The lowest BCUT2D eigenvalue weighted by Gasteiger charge is -2.25. The van der Waals surface area contributed by atoms with Gasteiger partial charge in [0.05, 0.1) is 24.0 Å². The summed E-state index contributed by atoms with van der Waals surface area (Å²) in [5, 5.41) is 11.4. The first-order chi connectivity index (χ1) is 15.0. The number of hydrogen-bond donors (Lipinski definition) is 1. The highest BCUT2D eigenvalue weighted by molar-refractivity contribution is 6.46. The Morgan fingerprint density at radius 1 is 1.19 bits per heavy atom. The SMILES string of the molecule is Cc1ccc(C(C)(C)C)cc1/C(O)=C1\C(=O)C(=O)N(CCOC(C)C)C1c1ccccn1. The summed E-state index contributed by atoms with van der Waals surface area (Å²) in [4.78, 5) is 31.9. The number of amides is 1. The average molecular weight is 437 g/mol. The third-order valence-electron chi connectivity index (χ3n) is 5.65. The first-order valence-electron chi connectivity index (χ1n) is 10.9. The van der Waals surface area contributed by atoms with Crippen molar-refractivity contribution in [1.29, 1.82) is 0 Å². The predicted molar refractivity (Wildman–Crippen MR) is 124 cm³/mol. The Hall–Kier alpha value is -2.99. The van der Waals surface area contributed by atoms with E-state index >= 15 is 0 Å². The quantitative estimate of drug-likeness (QED) is 0.409. The highest BCUT2D eigenvalue weighted by atomic mass is 16.5. The van der Waals surface area contributed by atoms with Gasteiger partial charge in [-0.05, 0) is 55.5 Å². The molecule has 6 nitrogen and oxygen atoms in total. The molecule has 1 saturated heterocycles. The van der Waals surface area contributed by atoms with Crippen molar-refractivity contribution in [1.82, 2.24) is 9.88 Å². The molecule has 0 saturated carbocycles. The van der Waals surface area contributed by atoms with Crippen molar-refractivity contribution < 1.29 is 19.4 Å². The van der Waals surface area contributed by atoms with E-state index in [2.05, 4.69) is 25.8 Å². The molecule has 0 bridgehead atoms. The Labute approximate surface area is 189 Å². The first-order valence-corrected chi connectivity index (χ1v) is 10.9. The molecule has 1 atom stereocenters. The zero-order valence-corrected chi connectivity index (χ0v) is 19.7. The summed E-state index contributed by atoms with van der Waals surface area (Å²) in [6, 6.07) is 10.4. The number of ether oxygens (including phenoxy) is 1. The number of carbonyl (C=O) groups is 2. The van der Waals surface area contributed by atoms with Crippen molar-refractivity contribution in [3.63, 3.8) is 0 Å². The van der Waals surface area contributed by atoms with Crippen molar-refractivity contribution >= 4 is 17.4 Å². The molecule has 0 aliphatic carbocycles. The lowest BCUT2D eigenvalue weighted by atomic mass is 9.84. The Morgan fingerprint density at radius 2 is 1.91 bits per heavy atom. The molecule has 170 valence electrons. The van der Waals surface area contributed by atoms with E-state index in [1.165, 1.54) is 4.90 Å². The number of carbonyl (C=O) groups excluding carboxylic acids is 2. The van der Waals surface area contributed by atoms with Crippen molar-refractivity contribution in [3.05, 3.63) is 70.6 Å². The number of rotatable bonds is 6. The highest BCUT2D eigenvalue weighted by Crippen LogP contribution is 2.39. The van der Waals surface area contributed by atoms with E-state index in [4.69, 9.17) is 4.74 Å². The van der Waals surface area contributed by atoms with Gasteiger partial charge < -0.3 is 14.7 Å². The van der Waals surface area contributed by atoms with Gasteiger partial charge in [0, 0.05) is 18.3 Å². The smallest absolute Gasteiger partial charge is 0.295 e. The molecular formula is C26H32N2O4. The molecule has 3 rings (SSSR count). The maximum absolute atomic E-state index is 13.1. The molecule has 2 heterocycles. The first kappa shape index (κ1) is 23.7. The van der Waals surface area contributed by atoms with Crippen LogP contribution >= 0.6 is 0 Å². The number of Topliss-reactive ketones (excluding diaryl/α,β-unsaturated/α-hetero) is 1. The van der Waals surface area contributed by atoms with E-state index in [0.29, 0.717) is 11.3 Å². The lowest BCUT2D eigenvalue weighted by molar-refractivity contribution is -0.140. The van der Waals surface area contributed by atoms with Crippen LogP contribution in [0, 0.1) is 6.92 Å². The van der Waals surface area contributed by atoms with E-state index in [1.54, 1.807) is 24.4 Å². The minimum absolute atomic E-state index is 0.00269. The summed E-state index contributed by atoms with van der Waals surface area (Å²) >= 11 is 0. The van der Waals surface area contributed by atoms with Crippen molar-refractivity contribution in [3.8, 4) is 0 Å². The van der Waals surface area contributed by atoms with Crippen LogP contribution in [-0.2, 0) is 19.7 Å². The molecular weight excluding hydrogens is 404 g/mol. The Morgan fingerprint density at radius 3 is 2.50 bits per heavy atom. The second kappa shape index (κ2) is 9.25. The fourth-order valence-electron chi connectivity index (χ4n) is 3.83. The topological polar surface area (TPSA) is 79.7 Å². The van der Waals surface area contributed by atoms with Gasteiger partial charge in [0.15, 0.2) is 0 Å². The van der Waals surface area contributed by atoms with E-state index in [9.17, 15) is 14.7 Å². The molecule has 1 amide bonds. The van der Waals surface area contributed by atoms with Crippen LogP contribution in [0.25, 0.3) is 5.76 Å². The van der Waals surface area contributed by atoms with Crippen LogP contribution in [0.5, 0.6) is 0 Å². The van der Waals surface area contributed by atoms with Crippen LogP contribution in [0.15, 0.2) is 48.2 Å². The van der Waals surface area contributed by atoms with Gasteiger partial charge >= 0.3 is 0 Å². The molecule has 32 heavy (non-hydrogen) atoms. The van der Waals surface area contributed by atoms with Gasteiger partial charge in [-0.1, -0.05) is 39.0 Å². The number of aryl methyl sites for hydroxylation is 1. The van der Waals surface area contributed by atoms with E-state index < -0.39 is 17.7 Å². The number of benzene rings is 1. The van der Waals surface area contributed by atoms with Gasteiger partial charge in [0.25, 0.3) is 11.7 Å². The zero-order chi connectivity index (χ0) is 23.6. The summed E-state index contributed by atoms with van der Waals surface area (Å²) in [7, 11) is 0. The number of ketones is 1. The van der Waals surface area contributed by atoms with Crippen molar-refractivity contribution in [2.24, 2.45) is 0 Å². The van der Waals surface area contributed by atoms with Crippen molar-refractivity contribution in [2.45, 2.75) is 59.1 Å². The molecule has 1 fully saturated rings. The van der Waals surface area contributed by atoms with E-state index in [-0.39, 0.29) is 36.0 Å². The largest absolute Gasteiger partial charge is 0.507 e. The maximum Gasteiger partial charge on any atom is 0.295 e. The van der Waals surface area contributed by atoms with Gasteiger partial charge in [-0.25, -0.2) is 0 Å². The molecule has 0 spiro atoms. The van der Waals surface area contributed by atoms with Crippen LogP contribution in [0.3, 0.4) is 0 Å². The lowest BCUT2D eigenvalue weighted by Crippen LogP contribution is -2.33. The summed E-state index contributed by atoms with van der Waals surface area (Å²) in [6.45, 7) is 12.5. The third kappa shape index (κ3) is 4.75. The summed E-state index contributed by atoms with van der Waals surface area (Å²) in [5.41, 5.74) is 2.86. The normalized spacial score (nSPS) is 18.6. The highest BCUT2D eigenvalue weighted by Gasteiger charge is 2.46. The number of aliphatic hydroxyl groups is 1. The molecule has 0 radical (unpaired) electrons. The minimum atomic E-state index is -0.773. The predicted octanol–water partition coefficient (Wildman–Crippen LogP) is 4.53. The van der Waals surface area contributed by atoms with Gasteiger partial charge in [-0.2, -0.15) is 0 Å². The second-order valence-electron chi connectivity index (χ2n) is 9.45. The summed E-state index contributed by atoms with van der Waals surface area (Å²) in [5.74, 6) is -1.53. The molecule has 6 heteroatoms. The molecule has 1 aromatic carbocycles. The molecule has 1 aromatic heterocycles. The summed E-state index contributed by atoms with van der Waals surface area (Å²) in [6.07, 6.45) is 1.62. The summed E-state index contributed by atoms with van der Waals surface area (Å²) < 4.78 is 5.62. The number of likely N-dealkylation sites (tertiary alicyclic amines) is 1. The monoisotopic (exact) mass is 436 g/mol. The maximum atomic E-state index is 13.1. The van der Waals surface area contributed by atoms with Crippen LogP contribution in [0.4, 0.5) is 0 Å². The molecule has 2 aromatic rings. The fraction of sp³-hybridized carbons (Fsp3) is 0.423. The zero-order valence-electron chi connectivity index (χ0n) is 19.7. The van der Waals surface area contributed by atoms with Crippen LogP contribution in [0.1, 0.15) is 63.0 Å². The Bertz CT molecular complexity index is 1040. The van der Waals surface area contributed by atoms with Crippen molar-refractivity contribution in [2.75, 3.05) is 13.2 Å². The van der Waals surface area contributed by atoms with Crippen LogP contribution in [-0.4, -0.2) is 45.9 Å². The number of nitrogens with zero attached hydrogens (tertiary/aromatic N) is 2. The van der Waals surface area contributed by atoms with Gasteiger partial charge in [0.1, 0.15) is 11.8 Å². The van der Waals surface area contributed by atoms with Gasteiger partial charge in [0.2, 0.25) is 0 Å². The second-order valence-corrected chi connectivity index (χ2v) is 9.45. The van der Waals surface area contributed by atoms with Gasteiger partial charge in [-0.15, -0.1) is 0 Å². The molecule has 1 aliphatic heterocycles. The van der Waals surface area contributed by atoms with E-state index in [0.717, 1.165) is 11.1 Å². The molecule has 1 aliphatic rings. The number of aromatic nitrogens is 1. The average Bonchev–Trinajstić information content (AvgIpc) is 2.98.